The average molecular weight is 404 g/mol. The molecule has 0 fully saturated rings. The molecule has 1 heterocycles. The van der Waals surface area contributed by atoms with Crippen molar-refractivity contribution in [2.75, 3.05) is 0 Å². The van der Waals surface area contributed by atoms with Gasteiger partial charge in [-0.1, -0.05) is 23.7 Å². The smallest absolute Gasteiger partial charge is 0.308 e. The highest BCUT2D eigenvalue weighted by atomic mass is 35.5. The molecule has 0 spiro atoms. The number of non-ortho nitro benzene ring substituents is 1. The third-order valence-corrected chi connectivity index (χ3v) is 4.03. The van der Waals surface area contributed by atoms with Gasteiger partial charge in [-0.2, -0.15) is 5.01 Å². The van der Waals surface area contributed by atoms with E-state index in [2.05, 4.69) is 5.10 Å². The van der Waals surface area contributed by atoms with E-state index in [4.69, 9.17) is 21.1 Å². The van der Waals surface area contributed by atoms with Gasteiger partial charge in [0.25, 0.3) is 5.69 Å². The van der Waals surface area contributed by atoms with Crippen LogP contribution in [0.4, 0.5) is 5.69 Å². The summed E-state index contributed by atoms with van der Waals surface area (Å²) in [6, 6.07) is 10.2. The van der Waals surface area contributed by atoms with E-state index in [0.717, 1.165) is 5.01 Å². The number of hydrogen-bond acceptors (Lipinski definition) is 7. The fourth-order valence-corrected chi connectivity index (χ4v) is 2.69. The van der Waals surface area contributed by atoms with Crippen molar-refractivity contribution in [3.63, 3.8) is 0 Å². The maximum absolute atomic E-state index is 12.0. The van der Waals surface area contributed by atoms with Gasteiger partial charge in [0.1, 0.15) is 5.75 Å². The molecule has 1 unspecified atom stereocenters. The Bertz CT molecular complexity index is 989. The molecular weight excluding hydrogens is 390 g/mol. The lowest BCUT2D eigenvalue weighted by molar-refractivity contribution is -0.384. The Kier molecular flexibility index (Phi) is 5.27. The number of carbonyl (C=O) groups excluding carboxylic acids is 2. The minimum Gasteiger partial charge on any atom is -0.446 e. The molecule has 1 aliphatic heterocycles. The molecule has 0 radical (unpaired) electrons. The van der Waals surface area contributed by atoms with Gasteiger partial charge >= 0.3 is 5.97 Å². The van der Waals surface area contributed by atoms with Crippen molar-refractivity contribution in [3.8, 4) is 5.75 Å². The minimum absolute atomic E-state index is 0.0251. The molecule has 0 saturated carbocycles. The molecule has 0 saturated heterocycles. The number of esters is 1. The largest absolute Gasteiger partial charge is 0.446 e. The van der Waals surface area contributed by atoms with Crippen LogP contribution in [0.3, 0.4) is 0 Å². The topological polar surface area (TPSA) is 111 Å². The van der Waals surface area contributed by atoms with E-state index in [-0.39, 0.29) is 22.9 Å². The molecule has 10 heteroatoms. The highest BCUT2D eigenvalue weighted by Gasteiger charge is 2.35. The van der Waals surface area contributed by atoms with Gasteiger partial charge in [0.2, 0.25) is 18.0 Å². The summed E-state index contributed by atoms with van der Waals surface area (Å²) in [7, 11) is 0. The van der Waals surface area contributed by atoms with Gasteiger partial charge in [0.15, 0.2) is 0 Å². The molecule has 28 heavy (non-hydrogen) atoms. The monoisotopic (exact) mass is 403 g/mol. The summed E-state index contributed by atoms with van der Waals surface area (Å²) in [6.45, 7) is 2.50. The zero-order valence-corrected chi connectivity index (χ0v) is 15.5. The zero-order chi connectivity index (χ0) is 20.4. The lowest BCUT2D eigenvalue weighted by Crippen LogP contribution is -2.25. The predicted octanol–water partition coefficient (Wildman–Crippen LogP) is 3.41. The Hall–Kier alpha value is -3.46. The normalized spacial score (nSPS) is 15.6. The summed E-state index contributed by atoms with van der Waals surface area (Å²) in [5, 5.41) is 16.9. The van der Waals surface area contributed by atoms with Gasteiger partial charge in [-0.25, -0.2) is 0 Å². The number of amides is 1. The summed E-state index contributed by atoms with van der Waals surface area (Å²) in [5.74, 6) is -1.09. The van der Waals surface area contributed by atoms with Crippen molar-refractivity contribution in [1.29, 1.82) is 0 Å². The highest BCUT2D eigenvalue weighted by Crippen LogP contribution is 2.34. The molecule has 1 atom stereocenters. The number of nitro groups is 1. The van der Waals surface area contributed by atoms with Crippen molar-refractivity contribution in [2.24, 2.45) is 5.10 Å². The molecule has 9 nitrogen and oxygen atoms in total. The molecule has 3 rings (SSSR count). The van der Waals surface area contributed by atoms with E-state index in [9.17, 15) is 19.7 Å². The van der Waals surface area contributed by atoms with Crippen molar-refractivity contribution in [1.82, 2.24) is 5.01 Å². The number of halogens is 1. The Morgan fingerprint density at radius 3 is 2.46 bits per heavy atom. The number of nitro benzene ring substituents is 1. The summed E-state index contributed by atoms with van der Waals surface area (Å²) in [6.07, 6.45) is -0.894. The summed E-state index contributed by atoms with van der Waals surface area (Å²) in [4.78, 5) is 33.9. The fraction of sp³-hybridized carbons (Fsp3) is 0.167. The number of rotatable bonds is 4. The molecule has 0 N–H and O–H groups in total. The van der Waals surface area contributed by atoms with E-state index in [1.165, 1.54) is 32.0 Å². The Morgan fingerprint density at radius 1 is 1.21 bits per heavy atom. The SMILES string of the molecule is CC(=O)Oc1ccc([N+](=O)[O-])cc1C1=NN(C(C)=O)C(c2ccc(Cl)cc2)O1. The standard InChI is InChI=1S/C18H14ClN3O6/c1-10(23)21-18(12-3-5-13(19)6-4-12)28-17(20-21)15-9-14(22(25)26)7-8-16(15)27-11(2)24/h3-9,18H,1-2H3. The first-order valence-corrected chi connectivity index (χ1v) is 8.42. The van der Waals surface area contributed by atoms with Gasteiger partial charge < -0.3 is 9.47 Å². The molecule has 1 aliphatic rings. The summed E-state index contributed by atoms with van der Waals surface area (Å²) < 4.78 is 10.9. The van der Waals surface area contributed by atoms with Crippen LogP contribution in [0, 0.1) is 10.1 Å². The number of carbonyl (C=O) groups is 2. The lowest BCUT2D eigenvalue weighted by atomic mass is 10.1. The first-order valence-electron chi connectivity index (χ1n) is 8.04. The van der Waals surface area contributed by atoms with Crippen LogP contribution in [0.1, 0.15) is 31.2 Å². The van der Waals surface area contributed by atoms with Crippen molar-refractivity contribution < 1.29 is 24.0 Å². The predicted molar refractivity (Wildman–Crippen MR) is 98.7 cm³/mol. The molecule has 2 aromatic carbocycles. The van der Waals surface area contributed by atoms with Crippen molar-refractivity contribution in [2.45, 2.75) is 20.1 Å². The third-order valence-electron chi connectivity index (χ3n) is 3.78. The van der Waals surface area contributed by atoms with Crippen molar-refractivity contribution >= 4 is 35.1 Å². The maximum atomic E-state index is 12.0. The third kappa shape index (κ3) is 3.94. The van der Waals surface area contributed by atoms with Gasteiger partial charge in [-0.15, -0.1) is 5.10 Å². The maximum Gasteiger partial charge on any atom is 0.308 e. The van der Waals surface area contributed by atoms with Crippen LogP contribution in [0.25, 0.3) is 0 Å². The molecule has 0 bridgehead atoms. The van der Waals surface area contributed by atoms with Crippen LogP contribution in [0.15, 0.2) is 47.6 Å². The number of hydrazone groups is 1. The number of ether oxygens (including phenoxy) is 2. The van der Waals surface area contributed by atoms with Crippen LogP contribution in [-0.2, 0) is 14.3 Å². The van der Waals surface area contributed by atoms with Gasteiger partial charge in [-0.05, 0) is 18.2 Å². The van der Waals surface area contributed by atoms with Crippen LogP contribution in [-0.4, -0.2) is 27.7 Å². The Morgan fingerprint density at radius 2 is 1.89 bits per heavy atom. The van der Waals surface area contributed by atoms with E-state index in [1.807, 2.05) is 0 Å². The zero-order valence-electron chi connectivity index (χ0n) is 14.8. The summed E-state index contributed by atoms with van der Waals surface area (Å²) >= 11 is 5.90. The van der Waals surface area contributed by atoms with Crippen LogP contribution >= 0.6 is 11.6 Å². The minimum atomic E-state index is -0.894. The number of nitrogens with zero attached hydrogens (tertiary/aromatic N) is 3. The first-order chi connectivity index (χ1) is 13.3. The quantitative estimate of drug-likeness (QED) is 0.334. The van der Waals surface area contributed by atoms with E-state index >= 15 is 0 Å². The van der Waals surface area contributed by atoms with Crippen molar-refractivity contribution in [3.05, 3.63) is 68.7 Å². The summed E-state index contributed by atoms with van der Waals surface area (Å²) in [5.41, 5.74) is 0.423. The highest BCUT2D eigenvalue weighted by molar-refractivity contribution is 6.30. The molecule has 0 aliphatic carbocycles. The average Bonchev–Trinajstić information content (AvgIpc) is 3.07. The van der Waals surface area contributed by atoms with Gasteiger partial charge in [-0.3, -0.25) is 19.7 Å². The van der Waals surface area contributed by atoms with E-state index < -0.39 is 23.0 Å². The second-order valence-corrected chi connectivity index (χ2v) is 6.26. The second-order valence-electron chi connectivity index (χ2n) is 5.82. The molecular formula is C18H14ClN3O6. The number of benzene rings is 2. The molecule has 1 amide bonds. The Balaban J connectivity index is 2.05. The molecule has 144 valence electrons. The fourth-order valence-electron chi connectivity index (χ4n) is 2.56. The number of hydrogen-bond donors (Lipinski definition) is 0. The van der Waals surface area contributed by atoms with E-state index in [1.54, 1.807) is 24.3 Å². The lowest BCUT2D eigenvalue weighted by Gasteiger charge is -2.19. The van der Waals surface area contributed by atoms with Gasteiger partial charge in [0.05, 0.1) is 10.5 Å². The van der Waals surface area contributed by atoms with Crippen LogP contribution < -0.4 is 4.74 Å². The van der Waals surface area contributed by atoms with Gasteiger partial charge in [0, 0.05) is 36.6 Å². The first kappa shape index (κ1) is 19.3. The van der Waals surface area contributed by atoms with Crippen LogP contribution in [0.2, 0.25) is 5.02 Å². The van der Waals surface area contributed by atoms with E-state index in [0.29, 0.717) is 10.6 Å². The van der Waals surface area contributed by atoms with Crippen LogP contribution in [0.5, 0.6) is 5.75 Å². The second kappa shape index (κ2) is 7.65. The molecule has 0 aromatic heterocycles. The Labute approximate surface area is 164 Å². The molecule has 2 aromatic rings.